The third-order valence-electron chi connectivity index (χ3n) is 2.68. The molecule has 20 heavy (non-hydrogen) atoms. The predicted molar refractivity (Wildman–Crippen MR) is 81.0 cm³/mol. The third-order valence-corrected chi connectivity index (χ3v) is 4.01. The number of nitrogens with one attached hydrogen (secondary N) is 1. The summed E-state index contributed by atoms with van der Waals surface area (Å²) in [5.74, 6) is -0.880. The number of thiazole rings is 1. The highest BCUT2D eigenvalue weighted by Gasteiger charge is 2.22. The van der Waals surface area contributed by atoms with Crippen molar-refractivity contribution in [1.29, 1.82) is 0 Å². The molecule has 2 aromatic rings. The van der Waals surface area contributed by atoms with Crippen LogP contribution in [-0.2, 0) is 11.3 Å². The molecule has 1 atom stereocenters. The van der Waals surface area contributed by atoms with Crippen molar-refractivity contribution in [1.82, 2.24) is 14.8 Å². The molecular formula is C12H15BrN4O2S. The maximum Gasteiger partial charge on any atom is 0.326 e. The van der Waals surface area contributed by atoms with Crippen LogP contribution in [-0.4, -0.2) is 31.9 Å². The molecule has 0 aliphatic rings. The number of carboxylic acid groups (broad SMARTS) is 1. The zero-order valence-electron chi connectivity index (χ0n) is 11.1. The molecule has 0 aliphatic heterocycles. The number of rotatable bonds is 6. The molecule has 0 radical (unpaired) electrons. The number of hydrogen-bond donors (Lipinski definition) is 2. The summed E-state index contributed by atoms with van der Waals surface area (Å²) in [6.07, 6.45) is 5.34. The quantitative estimate of drug-likeness (QED) is 0.829. The van der Waals surface area contributed by atoms with Crippen molar-refractivity contribution in [2.75, 3.05) is 5.32 Å². The van der Waals surface area contributed by atoms with Crippen LogP contribution in [0.1, 0.15) is 18.7 Å². The lowest BCUT2D eigenvalue weighted by molar-refractivity contribution is -0.138. The Bertz CT molecular complexity index is 596. The van der Waals surface area contributed by atoms with Crippen molar-refractivity contribution < 1.29 is 9.90 Å². The Hall–Kier alpha value is -1.41. The smallest absolute Gasteiger partial charge is 0.326 e. The summed E-state index contributed by atoms with van der Waals surface area (Å²) in [6.45, 7) is 4.34. The predicted octanol–water partition coefficient (Wildman–Crippen LogP) is 2.67. The molecule has 0 fully saturated rings. The van der Waals surface area contributed by atoms with E-state index in [9.17, 15) is 4.79 Å². The average molecular weight is 359 g/mol. The molecule has 0 bridgehead atoms. The lowest BCUT2D eigenvalue weighted by Gasteiger charge is -2.16. The second-order valence-corrected chi connectivity index (χ2v) is 6.72. The number of aromatic nitrogens is 3. The van der Waals surface area contributed by atoms with Gasteiger partial charge in [0.1, 0.15) is 6.04 Å². The monoisotopic (exact) mass is 358 g/mol. The highest BCUT2D eigenvalue weighted by molar-refractivity contribution is 9.10. The van der Waals surface area contributed by atoms with Gasteiger partial charge >= 0.3 is 5.97 Å². The van der Waals surface area contributed by atoms with Crippen molar-refractivity contribution in [3.8, 4) is 0 Å². The van der Waals surface area contributed by atoms with Crippen molar-refractivity contribution in [2.24, 2.45) is 5.92 Å². The van der Waals surface area contributed by atoms with Crippen molar-refractivity contribution in [3.63, 3.8) is 0 Å². The van der Waals surface area contributed by atoms with Gasteiger partial charge in [-0.1, -0.05) is 13.8 Å². The zero-order chi connectivity index (χ0) is 14.7. The van der Waals surface area contributed by atoms with Gasteiger partial charge in [0.05, 0.1) is 17.2 Å². The molecule has 2 heterocycles. The summed E-state index contributed by atoms with van der Waals surface area (Å²) in [6, 6.07) is -0.632. The lowest BCUT2D eigenvalue weighted by atomic mass is 10.1. The Labute approximate surface area is 129 Å². The third kappa shape index (κ3) is 3.80. The fraction of sp³-hybridized carbons (Fsp3) is 0.417. The molecule has 0 aromatic carbocycles. The second kappa shape index (κ2) is 6.36. The van der Waals surface area contributed by atoms with Gasteiger partial charge in [0.25, 0.3) is 0 Å². The summed E-state index contributed by atoms with van der Waals surface area (Å²) >= 11 is 4.78. The summed E-state index contributed by atoms with van der Waals surface area (Å²) in [7, 11) is 0. The first kappa shape index (κ1) is 15.0. The van der Waals surface area contributed by atoms with Crippen LogP contribution in [0.25, 0.3) is 0 Å². The molecule has 0 unspecified atom stereocenters. The average Bonchev–Trinajstić information content (AvgIpc) is 2.95. The summed E-state index contributed by atoms with van der Waals surface area (Å²) in [4.78, 5) is 16.4. The number of anilines is 1. The van der Waals surface area contributed by atoms with Gasteiger partial charge in [0.2, 0.25) is 0 Å². The van der Waals surface area contributed by atoms with Crippen LogP contribution in [0.3, 0.4) is 0 Å². The second-order valence-electron chi connectivity index (χ2n) is 4.69. The first-order chi connectivity index (χ1) is 9.45. The molecular weight excluding hydrogens is 344 g/mol. The van der Waals surface area contributed by atoms with Crippen LogP contribution in [0.4, 0.5) is 5.13 Å². The summed E-state index contributed by atoms with van der Waals surface area (Å²) in [5.41, 5.74) is 0. The number of hydrogen-bond acceptors (Lipinski definition) is 5. The fourth-order valence-electron chi connectivity index (χ4n) is 1.68. The number of carboxylic acids is 1. The van der Waals surface area contributed by atoms with Crippen LogP contribution in [0.15, 0.2) is 23.1 Å². The van der Waals surface area contributed by atoms with Gasteiger partial charge < -0.3 is 10.4 Å². The first-order valence-electron chi connectivity index (χ1n) is 6.07. The van der Waals surface area contributed by atoms with Crippen LogP contribution in [0.2, 0.25) is 0 Å². The molecule has 0 aliphatic carbocycles. The van der Waals surface area contributed by atoms with Crippen LogP contribution in [0.5, 0.6) is 0 Å². The Morgan fingerprint density at radius 3 is 2.85 bits per heavy atom. The van der Waals surface area contributed by atoms with Gasteiger partial charge in [-0.15, -0.1) is 11.3 Å². The highest BCUT2D eigenvalue weighted by Crippen LogP contribution is 2.21. The Kier molecular flexibility index (Phi) is 4.77. The van der Waals surface area contributed by atoms with Crippen molar-refractivity contribution >= 4 is 38.4 Å². The minimum atomic E-state index is -0.868. The van der Waals surface area contributed by atoms with Gasteiger partial charge in [0, 0.05) is 17.3 Å². The summed E-state index contributed by atoms with van der Waals surface area (Å²) in [5, 5.41) is 16.9. The first-order valence-corrected chi connectivity index (χ1v) is 7.68. The molecule has 2 aromatic heterocycles. The fourth-order valence-corrected chi connectivity index (χ4v) is 2.85. The Morgan fingerprint density at radius 2 is 2.30 bits per heavy atom. The van der Waals surface area contributed by atoms with E-state index in [1.807, 2.05) is 20.0 Å². The molecule has 0 saturated heterocycles. The van der Waals surface area contributed by atoms with E-state index in [1.165, 1.54) is 11.3 Å². The molecule has 2 N–H and O–H groups in total. The van der Waals surface area contributed by atoms with E-state index in [2.05, 4.69) is 31.3 Å². The van der Waals surface area contributed by atoms with E-state index >= 15 is 0 Å². The van der Waals surface area contributed by atoms with Gasteiger partial charge in [0.15, 0.2) is 5.13 Å². The largest absolute Gasteiger partial charge is 0.480 e. The SMILES string of the molecule is CC(C)[C@@H](Nc1ncc(Cn2cc(Br)cn2)s1)C(=O)O. The topological polar surface area (TPSA) is 80.0 Å². The Morgan fingerprint density at radius 1 is 1.55 bits per heavy atom. The molecule has 0 saturated carbocycles. The van der Waals surface area contributed by atoms with Gasteiger partial charge in [-0.05, 0) is 21.8 Å². The summed E-state index contributed by atoms with van der Waals surface area (Å²) < 4.78 is 2.71. The van der Waals surface area contributed by atoms with Crippen LogP contribution >= 0.6 is 27.3 Å². The normalized spacial score (nSPS) is 12.6. The maximum absolute atomic E-state index is 11.1. The molecule has 0 amide bonds. The Balaban J connectivity index is 2.03. The van der Waals surface area contributed by atoms with E-state index in [0.717, 1.165) is 9.35 Å². The van der Waals surface area contributed by atoms with E-state index in [-0.39, 0.29) is 5.92 Å². The number of aliphatic carboxylic acids is 1. The number of carbonyl (C=O) groups is 1. The van der Waals surface area contributed by atoms with Crippen LogP contribution < -0.4 is 5.32 Å². The van der Waals surface area contributed by atoms with E-state index < -0.39 is 12.0 Å². The minimum Gasteiger partial charge on any atom is -0.480 e. The van der Waals surface area contributed by atoms with Crippen LogP contribution in [0, 0.1) is 5.92 Å². The number of nitrogens with zero attached hydrogens (tertiary/aromatic N) is 3. The zero-order valence-corrected chi connectivity index (χ0v) is 13.5. The highest BCUT2D eigenvalue weighted by atomic mass is 79.9. The number of halogens is 1. The lowest BCUT2D eigenvalue weighted by Crippen LogP contribution is -2.34. The maximum atomic E-state index is 11.1. The van der Waals surface area contributed by atoms with Gasteiger partial charge in [-0.3, -0.25) is 4.68 Å². The van der Waals surface area contributed by atoms with Crippen molar-refractivity contribution in [3.05, 3.63) is 27.9 Å². The van der Waals surface area contributed by atoms with Crippen molar-refractivity contribution in [2.45, 2.75) is 26.4 Å². The minimum absolute atomic E-state index is 0.0121. The van der Waals surface area contributed by atoms with Gasteiger partial charge in [-0.2, -0.15) is 5.10 Å². The molecule has 8 heteroatoms. The van der Waals surface area contributed by atoms with E-state index in [1.54, 1.807) is 17.1 Å². The van der Waals surface area contributed by atoms with E-state index in [0.29, 0.717) is 11.7 Å². The molecule has 6 nitrogen and oxygen atoms in total. The van der Waals surface area contributed by atoms with Gasteiger partial charge in [-0.25, -0.2) is 9.78 Å². The molecule has 2 rings (SSSR count). The molecule has 108 valence electrons. The standard InChI is InChI=1S/C12H15BrN4O2S/c1-7(2)10(11(18)19)16-12-14-4-9(20-12)6-17-5-8(13)3-15-17/h3-5,7,10H,6H2,1-2H3,(H,14,16)(H,18,19)/t10-/m1/s1. The molecule has 0 spiro atoms. The van der Waals surface area contributed by atoms with E-state index in [4.69, 9.17) is 5.11 Å².